The monoisotopic (exact) mass is 338 g/mol. The first-order valence-corrected chi connectivity index (χ1v) is 8.14. The molecule has 0 fully saturated rings. The molecule has 0 aliphatic heterocycles. The Hall–Kier alpha value is -1.75. The highest BCUT2D eigenvalue weighted by atomic mass is 35.5. The number of nitrogens with one attached hydrogen (secondary N) is 2. The number of guanidine groups is 1. The summed E-state index contributed by atoms with van der Waals surface area (Å²) in [4.78, 5) is 18.5. The van der Waals surface area contributed by atoms with Gasteiger partial charge < -0.3 is 15.5 Å². The molecule has 1 aromatic carbocycles. The number of carbonyl (C=O) groups is 1. The largest absolute Gasteiger partial charge is 0.359 e. The predicted molar refractivity (Wildman–Crippen MR) is 96.7 cm³/mol. The number of carbonyl (C=O) groups excluding carboxylic acids is 1. The summed E-state index contributed by atoms with van der Waals surface area (Å²) in [7, 11) is 3.61. The fourth-order valence-electron chi connectivity index (χ4n) is 2.14. The molecule has 0 heterocycles. The molecule has 0 unspecified atom stereocenters. The molecular weight excluding hydrogens is 312 g/mol. The lowest BCUT2D eigenvalue weighted by Crippen LogP contribution is -2.41. The molecule has 0 spiro atoms. The second-order valence-corrected chi connectivity index (χ2v) is 6.56. The van der Waals surface area contributed by atoms with E-state index in [0.717, 1.165) is 23.1 Å². The molecule has 0 aliphatic rings. The molecule has 23 heavy (non-hydrogen) atoms. The number of aliphatic imine (C=N–C) groups is 1. The van der Waals surface area contributed by atoms with Crippen LogP contribution in [0.4, 0.5) is 0 Å². The summed E-state index contributed by atoms with van der Waals surface area (Å²) in [5.74, 6) is 0.749. The van der Waals surface area contributed by atoms with Crippen LogP contribution in [-0.2, 0) is 11.3 Å². The molecule has 5 nitrogen and oxygen atoms in total. The molecule has 128 valence electrons. The number of benzene rings is 1. The van der Waals surface area contributed by atoms with Crippen LogP contribution in [0.2, 0.25) is 5.02 Å². The summed E-state index contributed by atoms with van der Waals surface area (Å²) in [5, 5.41) is 6.66. The average Bonchev–Trinajstić information content (AvgIpc) is 2.50. The van der Waals surface area contributed by atoms with E-state index in [1.54, 1.807) is 7.05 Å². The zero-order valence-electron chi connectivity index (χ0n) is 14.6. The van der Waals surface area contributed by atoms with Gasteiger partial charge in [0.25, 0.3) is 0 Å². The Labute approximate surface area is 144 Å². The van der Waals surface area contributed by atoms with Gasteiger partial charge >= 0.3 is 0 Å². The topological polar surface area (TPSA) is 56.7 Å². The van der Waals surface area contributed by atoms with Crippen LogP contribution in [0, 0.1) is 5.41 Å². The summed E-state index contributed by atoms with van der Waals surface area (Å²) in [6.45, 7) is 7.65. The summed E-state index contributed by atoms with van der Waals surface area (Å²) in [6.07, 6.45) is 0. The number of amides is 1. The maximum Gasteiger partial charge on any atom is 0.227 e. The van der Waals surface area contributed by atoms with E-state index >= 15 is 0 Å². The van der Waals surface area contributed by atoms with Gasteiger partial charge in [-0.2, -0.15) is 0 Å². The normalized spacial score (nSPS) is 12.0. The van der Waals surface area contributed by atoms with Crippen LogP contribution < -0.4 is 10.6 Å². The Bertz CT molecular complexity index is 557. The standard InChI is InChI=1S/C17H27ClN4O/c1-6-20-16(21-12-17(2,3)15(23)19-4)22(5)11-13-8-7-9-14(18)10-13/h7-10H,6,11-12H2,1-5H3,(H,19,23)(H,20,21). The van der Waals surface area contributed by atoms with Crippen molar-refractivity contribution < 1.29 is 4.79 Å². The number of rotatable bonds is 6. The fraction of sp³-hybridized carbons (Fsp3) is 0.529. The Kier molecular flexibility index (Phi) is 7.36. The minimum atomic E-state index is -0.549. The van der Waals surface area contributed by atoms with E-state index in [0.29, 0.717) is 13.1 Å². The Morgan fingerprint density at radius 1 is 1.39 bits per heavy atom. The Morgan fingerprint density at radius 3 is 2.65 bits per heavy atom. The summed E-state index contributed by atoms with van der Waals surface area (Å²) in [6, 6.07) is 7.76. The van der Waals surface area contributed by atoms with E-state index in [-0.39, 0.29) is 5.91 Å². The average molecular weight is 339 g/mol. The van der Waals surface area contributed by atoms with Crippen LogP contribution in [-0.4, -0.2) is 44.0 Å². The van der Waals surface area contributed by atoms with Gasteiger partial charge in [-0.15, -0.1) is 0 Å². The molecule has 2 N–H and O–H groups in total. The molecule has 0 aromatic heterocycles. The lowest BCUT2D eigenvalue weighted by Gasteiger charge is -2.25. The molecule has 1 aromatic rings. The van der Waals surface area contributed by atoms with E-state index in [9.17, 15) is 4.79 Å². The van der Waals surface area contributed by atoms with Gasteiger partial charge in [0.05, 0.1) is 12.0 Å². The molecule has 1 amide bonds. The first-order valence-electron chi connectivity index (χ1n) is 7.76. The maximum atomic E-state index is 11.9. The van der Waals surface area contributed by atoms with Crippen LogP contribution >= 0.6 is 11.6 Å². The minimum absolute atomic E-state index is 0.0189. The Balaban J connectivity index is 2.83. The fourth-order valence-corrected chi connectivity index (χ4v) is 2.35. The van der Waals surface area contributed by atoms with Gasteiger partial charge in [-0.25, -0.2) is 0 Å². The van der Waals surface area contributed by atoms with Crippen molar-refractivity contribution in [2.24, 2.45) is 10.4 Å². The van der Waals surface area contributed by atoms with Crippen LogP contribution in [0.25, 0.3) is 0 Å². The molecular formula is C17H27ClN4O. The highest BCUT2D eigenvalue weighted by molar-refractivity contribution is 6.30. The highest BCUT2D eigenvalue weighted by Crippen LogP contribution is 2.16. The zero-order valence-corrected chi connectivity index (χ0v) is 15.4. The zero-order chi connectivity index (χ0) is 17.5. The van der Waals surface area contributed by atoms with Crippen LogP contribution in [0.15, 0.2) is 29.3 Å². The van der Waals surface area contributed by atoms with Crippen molar-refractivity contribution in [1.82, 2.24) is 15.5 Å². The van der Waals surface area contributed by atoms with Crippen LogP contribution in [0.1, 0.15) is 26.3 Å². The molecule has 0 saturated carbocycles. The third-order valence-electron chi connectivity index (χ3n) is 3.47. The second-order valence-electron chi connectivity index (χ2n) is 6.12. The third-order valence-corrected chi connectivity index (χ3v) is 3.71. The van der Waals surface area contributed by atoms with Gasteiger partial charge in [-0.1, -0.05) is 23.7 Å². The third kappa shape index (κ3) is 6.10. The first kappa shape index (κ1) is 19.3. The summed E-state index contributed by atoms with van der Waals surface area (Å²) >= 11 is 6.03. The molecule has 1 rings (SSSR count). The van der Waals surface area contributed by atoms with E-state index in [1.807, 2.05) is 57.0 Å². The van der Waals surface area contributed by atoms with Crippen molar-refractivity contribution in [1.29, 1.82) is 0 Å². The predicted octanol–water partition coefficient (Wildman–Crippen LogP) is 2.51. The number of nitrogens with zero attached hydrogens (tertiary/aromatic N) is 2. The summed E-state index contributed by atoms with van der Waals surface area (Å²) < 4.78 is 0. The second kappa shape index (κ2) is 8.77. The molecule has 0 aliphatic carbocycles. The van der Waals surface area contributed by atoms with E-state index in [2.05, 4.69) is 15.6 Å². The van der Waals surface area contributed by atoms with E-state index in [4.69, 9.17) is 11.6 Å². The molecule has 0 radical (unpaired) electrons. The van der Waals surface area contributed by atoms with Crippen molar-refractivity contribution in [3.05, 3.63) is 34.9 Å². The number of hydrogen-bond acceptors (Lipinski definition) is 2. The smallest absolute Gasteiger partial charge is 0.227 e. The SMILES string of the molecule is CCNC(=NCC(C)(C)C(=O)NC)N(C)Cc1cccc(Cl)c1. The lowest BCUT2D eigenvalue weighted by molar-refractivity contribution is -0.128. The van der Waals surface area contributed by atoms with Gasteiger partial charge in [0.1, 0.15) is 0 Å². The number of halogens is 1. The van der Waals surface area contributed by atoms with Gasteiger partial charge in [0.15, 0.2) is 5.96 Å². The van der Waals surface area contributed by atoms with Crippen molar-refractivity contribution in [3.8, 4) is 0 Å². The number of hydrogen-bond donors (Lipinski definition) is 2. The van der Waals surface area contributed by atoms with Crippen molar-refractivity contribution in [2.45, 2.75) is 27.3 Å². The van der Waals surface area contributed by atoms with Crippen molar-refractivity contribution >= 4 is 23.5 Å². The van der Waals surface area contributed by atoms with Crippen LogP contribution in [0.3, 0.4) is 0 Å². The van der Waals surface area contributed by atoms with Gasteiger partial charge in [-0.3, -0.25) is 9.79 Å². The maximum absolute atomic E-state index is 11.9. The van der Waals surface area contributed by atoms with E-state index < -0.39 is 5.41 Å². The quantitative estimate of drug-likeness (QED) is 0.619. The molecule has 6 heteroatoms. The minimum Gasteiger partial charge on any atom is -0.359 e. The Morgan fingerprint density at radius 2 is 2.09 bits per heavy atom. The van der Waals surface area contributed by atoms with Gasteiger partial charge in [0.2, 0.25) is 5.91 Å². The molecule has 0 saturated heterocycles. The summed E-state index contributed by atoms with van der Waals surface area (Å²) in [5.41, 5.74) is 0.558. The molecule has 0 atom stereocenters. The van der Waals surface area contributed by atoms with Crippen molar-refractivity contribution in [3.63, 3.8) is 0 Å². The first-order chi connectivity index (χ1) is 10.8. The van der Waals surface area contributed by atoms with Gasteiger partial charge in [-0.05, 0) is 38.5 Å². The van der Waals surface area contributed by atoms with Gasteiger partial charge in [0, 0.05) is 32.2 Å². The van der Waals surface area contributed by atoms with E-state index in [1.165, 1.54) is 0 Å². The lowest BCUT2D eigenvalue weighted by atomic mass is 9.93. The molecule has 0 bridgehead atoms. The highest BCUT2D eigenvalue weighted by Gasteiger charge is 2.26. The van der Waals surface area contributed by atoms with Crippen molar-refractivity contribution in [2.75, 3.05) is 27.2 Å². The van der Waals surface area contributed by atoms with Crippen LogP contribution in [0.5, 0.6) is 0 Å².